The van der Waals surface area contributed by atoms with E-state index in [1.807, 2.05) is 6.08 Å². The Bertz CT molecular complexity index is 364. The second-order valence-electron chi connectivity index (χ2n) is 5.15. The molecule has 1 atom stereocenters. The number of ether oxygens (including phenoxy) is 3. The zero-order chi connectivity index (χ0) is 13.7. The first-order valence-electron chi connectivity index (χ1n) is 6.87. The summed E-state index contributed by atoms with van der Waals surface area (Å²) in [6.07, 6.45) is 11.0. The van der Waals surface area contributed by atoms with Crippen LogP contribution in [0.4, 0.5) is 0 Å². The summed E-state index contributed by atoms with van der Waals surface area (Å²) < 4.78 is 15.7. The van der Waals surface area contributed by atoms with Crippen LogP contribution in [-0.2, 0) is 19.0 Å². The Balaban J connectivity index is 1.83. The molecule has 0 N–H and O–H groups in total. The Morgan fingerprint density at radius 1 is 1.21 bits per heavy atom. The molecule has 2 aliphatic rings. The van der Waals surface area contributed by atoms with Crippen molar-refractivity contribution >= 4 is 5.97 Å². The first kappa shape index (κ1) is 14.1. The molecule has 0 spiro atoms. The fraction of sp³-hybridized carbons (Fsp3) is 0.667. The molecule has 0 saturated heterocycles. The third-order valence-electron chi connectivity index (χ3n) is 3.86. The van der Waals surface area contributed by atoms with Gasteiger partial charge in [0.05, 0.1) is 19.3 Å². The molecule has 1 saturated carbocycles. The normalized spacial score (nSPS) is 32.0. The highest BCUT2D eigenvalue weighted by Gasteiger charge is 2.22. The molecule has 4 nitrogen and oxygen atoms in total. The van der Waals surface area contributed by atoms with Crippen LogP contribution in [0.1, 0.15) is 32.1 Å². The summed E-state index contributed by atoms with van der Waals surface area (Å²) >= 11 is 0. The summed E-state index contributed by atoms with van der Waals surface area (Å²) in [6.45, 7) is 0. The van der Waals surface area contributed by atoms with Gasteiger partial charge < -0.3 is 14.2 Å². The van der Waals surface area contributed by atoms with Crippen molar-refractivity contribution in [3.8, 4) is 0 Å². The second-order valence-corrected chi connectivity index (χ2v) is 5.15. The molecule has 19 heavy (non-hydrogen) atoms. The van der Waals surface area contributed by atoms with Crippen LogP contribution in [0.3, 0.4) is 0 Å². The minimum atomic E-state index is -0.319. The number of carbonyl (C=O) groups excluding carboxylic acids is 1. The number of methoxy groups -OCH3 is 2. The average molecular weight is 266 g/mol. The van der Waals surface area contributed by atoms with Crippen molar-refractivity contribution in [2.45, 2.75) is 44.3 Å². The number of allylic oxidation sites excluding steroid dienone is 1. The van der Waals surface area contributed by atoms with Crippen LogP contribution in [0.15, 0.2) is 24.0 Å². The van der Waals surface area contributed by atoms with E-state index in [0.29, 0.717) is 24.2 Å². The minimum Gasteiger partial charge on any atom is -0.501 e. The van der Waals surface area contributed by atoms with Gasteiger partial charge in [-0.25, -0.2) is 4.79 Å². The molecule has 0 amide bonds. The molecule has 1 heterocycles. The van der Waals surface area contributed by atoms with E-state index in [9.17, 15) is 4.79 Å². The van der Waals surface area contributed by atoms with Crippen LogP contribution >= 0.6 is 0 Å². The van der Waals surface area contributed by atoms with Crippen molar-refractivity contribution in [3.63, 3.8) is 0 Å². The van der Waals surface area contributed by atoms with Gasteiger partial charge in [-0.1, -0.05) is 6.08 Å². The van der Waals surface area contributed by atoms with Crippen LogP contribution in [0.25, 0.3) is 0 Å². The van der Waals surface area contributed by atoms with Gasteiger partial charge in [0.2, 0.25) is 0 Å². The summed E-state index contributed by atoms with van der Waals surface area (Å²) in [5, 5.41) is 0. The van der Waals surface area contributed by atoms with Gasteiger partial charge in [-0.05, 0) is 37.7 Å². The van der Waals surface area contributed by atoms with Crippen molar-refractivity contribution in [3.05, 3.63) is 24.0 Å². The topological polar surface area (TPSA) is 44.8 Å². The molecule has 106 valence electrons. The third kappa shape index (κ3) is 4.10. The van der Waals surface area contributed by atoms with Crippen molar-refractivity contribution in [1.29, 1.82) is 0 Å². The maximum absolute atomic E-state index is 11.3. The standard InChI is InChI=1S/C15H22O4/c1-17-12-6-3-11(4-7-12)5-8-13-9-14(18-2)10-15(16)19-13/h5,8,10-13H,3-4,6-7,9H2,1-2H3/b8-5+. The first-order chi connectivity index (χ1) is 9.21. The van der Waals surface area contributed by atoms with Crippen molar-refractivity contribution in [2.75, 3.05) is 14.2 Å². The number of hydrogen-bond donors (Lipinski definition) is 0. The fourth-order valence-corrected chi connectivity index (χ4v) is 2.66. The SMILES string of the molecule is COC1=CC(=O)OC(/C=C/C2CCC(OC)CC2)C1. The summed E-state index contributed by atoms with van der Waals surface area (Å²) in [5.41, 5.74) is 0. The molecular weight excluding hydrogens is 244 g/mol. The molecular formula is C15H22O4. The van der Waals surface area contributed by atoms with E-state index in [1.54, 1.807) is 14.2 Å². The third-order valence-corrected chi connectivity index (χ3v) is 3.86. The van der Waals surface area contributed by atoms with Crippen LogP contribution in [0, 0.1) is 5.92 Å². The number of hydrogen-bond acceptors (Lipinski definition) is 4. The molecule has 1 aliphatic carbocycles. The lowest BCUT2D eigenvalue weighted by Gasteiger charge is -2.26. The van der Waals surface area contributed by atoms with Gasteiger partial charge >= 0.3 is 5.97 Å². The Hall–Kier alpha value is -1.29. The lowest BCUT2D eigenvalue weighted by atomic mass is 9.87. The molecule has 0 bridgehead atoms. The Kier molecular flexibility index (Phi) is 5.02. The molecule has 2 rings (SSSR count). The van der Waals surface area contributed by atoms with E-state index in [4.69, 9.17) is 14.2 Å². The second kappa shape index (κ2) is 6.75. The van der Waals surface area contributed by atoms with Gasteiger partial charge in [0.25, 0.3) is 0 Å². The maximum Gasteiger partial charge on any atom is 0.334 e. The van der Waals surface area contributed by atoms with Crippen LogP contribution < -0.4 is 0 Å². The summed E-state index contributed by atoms with van der Waals surface area (Å²) in [5.74, 6) is 0.942. The van der Waals surface area contributed by atoms with Crippen molar-refractivity contribution in [2.24, 2.45) is 5.92 Å². The number of rotatable bonds is 4. The Morgan fingerprint density at radius 2 is 1.95 bits per heavy atom. The monoisotopic (exact) mass is 266 g/mol. The zero-order valence-electron chi connectivity index (χ0n) is 11.6. The Morgan fingerprint density at radius 3 is 2.58 bits per heavy atom. The smallest absolute Gasteiger partial charge is 0.334 e. The number of carbonyl (C=O) groups is 1. The lowest BCUT2D eigenvalue weighted by molar-refractivity contribution is -0.142. The molecule has 4 heteroatoms. The molecule has 1 unspecified atom stereocenters. The molecule has 0 radical (unpaired) electrons. The minimum absolute atomic E-state index is 0.187. The zero-order valence-corrected chi connectivity index (χ0v) is 11.6. The van der Waals surface area contributed by atoms with Gasteiger partial charge in [-0.15, -0.1) is 0 Å². The van der Waals surface area contributed by atoms with Gasteiger partial charge in [-0.3, -0.25) is 0 Å². The van der Waals surface area contributed by atoms with Gasteiger partial charge in [0.15, 0.2) is 0 Å². The highest BCUT2D eigenvalue weighted by Crippen LogP contribution is 2.27. The molecule has 1 aliphatic heterocycles. The highest BCUT2D eigenvalue weighted by molar-refractivity contribution is 5.83. The van der Waals surface area contributed by atoms with Crippen LogP contribution in [-0.4, -0.2) is 32.4 Å². The first-order valence-corrected chi connectivity index (χ1v) is 6.87. The quantitative estimate of drug-likeness (QED) is 0.579. The van der Waals surface area contributed by atoms with Crippen LogP contribution in [0.2, 0.25) is 0 Å². The van der Waals surface area contributed by atoms with Crippen molar-refractivity contribution < 1.29 is 19.0 Å². The van der Waals surface area contributed by atoms with Gasteiger partial charge in [-0.2, -0.15) is 0 Å². The summed E-state index contributed by atoms with van der Waals surface area (Å²) in [6, 6.07) is 0. The van der Waals surface area contributed by atoms with E-state index in [2.05, 4.69) is 6.08 Å². The van der Waals surface area contributed by atoms with E-state index < -0.39 is 0 Å². The average Bonchev–Trinajstić information content (AvgIpc) is 2.45. The van der Waals surface area contributed by atoms with Gasteiger partial charge in [0.1, 0.15) is 11.9 Å². The van der Waals surface area contributed by atoms with Gasteiger partial charge in [0, 0.05) is 13.5 Å². The molecule has 0 aromatic carbocycles. The predicted molar refractivity (Wildman–Crippen MR) is 71.5 cm³/mol. The summed E-state index contributed by atoms with van der Waals surface area (Å²) in [4.78, 5) is 11.3. The predicted octanol–water partition coefficient (Wildman–Crippen LogP) is 2.59. The summed E-state index contributed by atoms with van der Waals surface area (Å²) in [7, 11) is 3.36. The van der Waals surface area contributed by atoms with Crippen molar-refractivity contribution in [1.82, 2.24) is 0 Å². The number of esters is 1. The maximum atomic E-state index is 11.3. The molecule has 0 aromatic rings. The fourth-order valence-electron chi connectivity index (χ4n) is 2.66. The molecule has 1 fully saturated rings. The lowest BCUT2D eigenvalue weighted by Crippen LogP contribution is -2.22. The number of cyclic esters (lactones) is 1. The highest BCUT2D eigenvalue weighted by atomic mass is 16.5. The Labute approximate surface area is 114 Å². The van der Waals surface area contributed by atoms with E-state index in [0.717, 1.165) is 25.7 Å². The van der Waals surface area contributed by atoms with E-state index >= 15 is 0 Å². The largest absolute Gasteiger partial charge is 0.501 e. The van der Waals surface area contributed by atoms with E-state index in [-0.39, 0.29) is 12.1 Å². The van der Waals surface area contributed by atoms with E-state index in [1.165, 1.54) is 6.08 Å². The molecule has 0 aromatic heterocycles. The van der Waals surface area contributed by atoms with Crippen LogP contribution in [0.5, 0.6) is 0 Å².